The van der Waals surface area contributed by atoms with Crippen LogP contribution in [-0.2, 0) is 16.1 Å². The number of amides is 1. The molecule has 1 aliphatic carbocycles. The Balaban J connectivity index is 1.49. The summed E-state index contributed by atoms with van der Waals surface area (Å²) in [7, 11) is 0. The molecule has 1 aromatic rings. The number of aromatic nitrogens is 3. The maximum Gasteiger partial charge on any atom is 0.344 e. The molecule has 0 radical (unpaired) electrons. The average molecular weight is 381 g/mol. The van der Waals surface area contributed by atoms with E-state index >= 15 is 0 Å². The zero-order valence-corrected chi connectivity index (χ0v) is 16.1. The summed E-state index contributed by atoms with van der Waals surface area (Å²) in [5, 5.41) is 9.79. The number of carbonyl (C=O) groups is 1. The lowest BCUT2D eigenvalue weighted by atomic mass is 9.97. The number of carbonyl (C=O) groups excluding carboxylic acids is 1. The SMILES string of the molecule is CC(Sc1n[nH]c(=O)n1CC1CCCO1)C(=O)NCCC1=CCCCC1. The van der Waals surface area contributed by atoms with Crippen LogP contribution >= 0.6 is 11.8 Å². The van der Waals surface area contributed by atoms with Crippen LogP contribution in [0.5, 0.6) is 0 Å². The van der Waals surface area contributed by atoms with Crippen LogP contribution in [0.25, 0.3) is 0 Å². The number of allylic oxidation sites excluding steroid dienone is 1. The third-order valence-corrected chi connectivity index (χ3v) is 6.01. The van der Waals surface area contributed by atoms with Crippen LogP contribution < -0.4 is 11.0 Å². The smallest absolute Gasteiger partial charge is 0.344 e. The number of aromatic amines is 1. The Morgan fingerprint density at radius 2 is 2.38 bits per heavy atom. The Morgan fingerprint density at radius 3 is 3.12 bits per heavy atom. The molecule has 1 aliphatic heterocycles. The van der Waals surface area contributed by atoms with Gasteiger partial charge in [0.2, 0.25) is 5.91 Å². The molecule has 2 N–H and O–H groups in total. The van der Waals surface area contributed by atoms with Crippen LogP contribution in [0.2, 0.25) is 0 Å². The third kappa shape index (κ3) is 5.23. The van der Waals surface area contributed by atoms with E-state index in [1.807, 2.05) is 6.92 Å². The van der Waals surface area contributed by atoms with E-state index in [1.165, 1.54) is 30.2 Å². The fourth-order valence-corrected chi connectivity index (χ4v) is 4.27. The van der Waals surface area contributed by atoms with Gasteiger partial charge in [-0.05, 0) is 51.9 Å². The monoisotopic (exact) mass is 380 g/mol. The molecule has 1 saturated heterocycles. The van der Waals surface area contributed by atoms with E-state index in [0.29, 0.717) is 18.2 Å². The molecule has 144 valence electrons. The molecule has 0 aromatic carbocycles. The molecule has 1 aromatic heterocycles. The predicted molar refractivity (Wildman–Crippen MR) is 101 cm³/mol. The Kier molecular flexibility index (Phi) is 6.96. The summed E-state index contributed by atoms with van der Waals surface area (Å²) in [6, 6.07) is 0. The van der Waals surface area contributed by atoms with E-state index in [0.717, 1.165) is 38.7 Å². The fraction of sp³-hybridized carbons (Fsp3) is 0.722. The number of hydrogen-bond acceptors (Lipinski definition) is 5. The van der Waals surface area contributed by atoms with Crippen molar-refractivity contribution in [2.75, 3.05) is 13.2 Å². The van der Waals surface area contributed by atoms with E-state index < -0.39 is 0 Å². The molecular weight excluding hydrogens is 352 g/mol. The second-order valence-corrected chi connectivity index (χ2v) is 8.27. The van der Waals surface area contributed by atoms with E-state index in [1.54, 1.807) is 4.57 Å². The maximum atomic E-state index is 12.4. The molecular formula is C18H28N4O3S. The van der Waals surface area contributed by atoms with Crippen molar-refractivity contribution in [1.82, 2.24) is 20.1 Å². The maximum absolute atomic E-state index is 12.4. The summed E-state index contributed by atoms with van der Waals surface area (Å²) in [5.41, 5.74) is 1.20. The molecule has 7 nitrogen and oxygen atoms in total. The van der Waals surface area contributed by atoms with Gasteiger partial charge in [-0.1, -0.05) is 23.4 Å². The molecule has 2 atom stereocenters. The van der Waals surface area contributed by atoms with E-state index in [9.17, 15) is 9.59 Å². The minimum absolute atomic E-state index is 0.0227. The van der Waals surface area contributed by atoms with Crippen LogP contribution in [0.15, 0.2) is 21.6 Å². The van der Waals surface area contributed by atoms with Gasteiger partial charge >= 0.3 is 5.69 Å². The molecule has 8 heteroatoms. The Labute approximate surface area is 158 Å². The van der Waals surface area contributed by atoms with E-state index in [-0.39, 0.29) is 23.0 Å². The molecule has 2 aliphatic rings. The number of H-pyrrole nitrogens is 1. The fourth-order valence-electron chi connectivity index (χ4n) is 3.38. The average Bonchev–Trinajstić information content (AvgIpc) is 3.28. The van der Waals surface area contributed by atoms with Gasteiger partial charge in [0.15, 0.2) is 5.16 Å². The van der Waals surface area contributed by atoms with E-state index in [4.69, 9.17) is 4.74 Å². The molecule has 2 heterocycles. The normalized spacial score (nSPS) is 21.4. The quantitative estimate of drug-likeness (QED) is 0.533. The zero-order chi connectivity index (χ0) is 18.4. The molecule has 0 spiro atoms. The van der Waals surface area contributed by atoms with Crippen LogP contribution in [0, 0.1) is 0 Å². The first-order valence-corrected chi connectivity index (χ1v) is 10.4. The first kappa shape index (κ1) is 19.2. The van der Waals surface area contributed by atoms with Crippen LogP contribution in [0.3, 0.4) is 0 Å². The summed E-state index contributed by atoms with van der Waals surface area (Å²) >= 11 is 1.31. The third-order valence-electron chi connectivity index (χ3n) is 4.92. The van der Waals surface area contributed by atoms with Gasteiger partial charge in [-0.3, -0.25) is 9.36 Å². The highest BCUT2D eigenvalue weighted by molar-refractivity contribution is 8.00. The van der Waals surface area contributed by atoms with Crippen LogP contribution in [0.4, 0.5) is 0 Å². The molecule has 3 rings (SSSR count). The van der Waals surface area contributed by atoms with Gasteiger partial charge in [0.25, 0.3) is 0 Å². The summed E-state index contributed by atoms with van der Waals surface area (Å²) in [5.74, 6) is -0.0227. The number of nitrogens with zero attached hydrogens (tertiary/aromatic N) is 2. The molecule has 26 heavy (non-hydrogen) atoms. The number of hydrogen-bond donors (Lipinski definition) is 2. The van der Waals surface area contributed by atoms with Gasteiger partial charge in [-0.25, -0.2) is 9.89 Å². The lowest BCUT2D eigenvalue weighted by molar-refractivity contribution is -0.120. The van der Waals surface area contributed by atoms with Crippen molar-refractivity contribution in [3.8, 4) is 0 Å². The van der Waals surface area contributed by atoms with Crippen molar-refractivity contribution >= 4 is 17.7 Å². The highest BCUT2D eigenvalue weighted by Crippen LogP contribution is 2.22. The minimum atomic E-state index is -0.311. The molecule has 0 bridgehead atoms. The zero-order valence-electron chi connectivity index (χ0n) is 15.3. The van der Waals surface area contributed by atoms with Crippen molar-refractivity contribution in [2.24, 2.45) is 0 Å². The van der Waals surface area contributed by atoms with Gasteiger partial charge in [0.05, 0.1) is 17.9 Å². The number of ether oxygens (including phenoxy) is 1. The highest BCUT2D eigenvalue weighted by Gasteiger charge is 2.22. The van der Waals surface area contributed by atoms with Crippen molar-refractivity contribution < 1.29 is 9.53 Å². The van der Waals surface area contributed by atoms with Crippen molar-refractivity contribution in [1.29, 1.82) is 0 Å². The van der Waals surface area contributed by atoms with Crippen molar-refractivity contribution in [2.45, 2.75) is 74.9 Å². The van der Waals surface area contributed by atoms with E-state index in [2.05, 4.69) is 21.6 Å². The Hall–Kier alpha value is -1.54. The van der Waals surface area contributed by atoms with Crippen molar-refractivity contribution in [3.05, 3.63) is 22.1 Å². The second-order valence-electron chi connectivity index (χ2n) is 6.97. The number of thioether (sulfide) groups is 1. The molecule has 1 amide bonds. The van der Waals surface area contributed by atoms with Gasteiger partial charge in [-0.15, -0.1) is 5.10 Å². The van der Waals surface area contributed by atoms with Gasteiger partial charge < -0.3 is 10.1 Å². The highest BCUT2D eigenvalue weighted by atomic mass is 32.2. The Morgan fingerprint density at radius 1 is 1.50 bits per heavy atom. The summed E-state index contributed by atoms with van der Waals surface area (Å²) in [4.78, 5) is 24.3. The number of rotatable bonds is 8. The first-order chi connectivity index (χ1) is 12.6. The number of nitrogens with one attached hydrogen (secondary N) is 2. The topological polar surface area (TPSA) is 89.0 Å². The van der Waals surface area contributed by atoms with Gasteiger partial charge in [0.1, 0.15) is 0 Å². The van der Waals surface area contributed by atoms with Crippen LogP contribution in [-0.4, -0.2) is 45.2 Å². The Bertz CT molecular complexity index is 691. The molecule has 2 unspecified atom stereocenters. The van der Waals surface area contributed by atoms with Gasteiger partial charge in [-0.2, -0.15) is 0 Å². The molecule has 0 saturated carbocycles. The van der Waals surface area contributed by atoms with Gasteiger partial charge in [0, 0.05) is 13.2 Å². The second kappa shape index (κ2) is 9.41. The lowest BCUT2D eigenvalue weighted by Gasteiger charge is -2.15. The lowest BCUT2D eigenvalue weighted by Crippen LogP contribution is -2.32. The molecule has 1 fully saturated rings. The minimum Gasteiger partial charge on any atom is -0.376 e. The standard InChI is InChI=1S/C18H28N4O3S/c1-13(16(23)19-10-9-14-6-3-2-4-7-14)26-18-21-20-17(24)22(18)12-15-8-5-11-25-15/h6,13,15H,2-5,7-12H2,1H3,(H,19,23)(H,20,24). The summed E-state index contributed by atoms with van der Waals surface area (Å²) < 4.78 is 7.18. The summed E-state index contributed by atoms with van der Waals surface area (Å²) in [6.07, 6.45) is 10.1. The van der Waals surface area contributed by atoms with Crippen molar-refractivity contribution in [3.63, 3.8) is 0 Å². The predicted octanol–water partition coefficient (Wildman–Crippen LogP) is 2.24. The van der Waals surface area contributed by atoms with Crippen LogP contribution in [0.1, 0.15) is 51.9 Å². The first-order valence-electron chi connectivity index (χ1n) is 9.52. The largest absolute Gasteiger partial charge is 0.376 e. The summed E-state index contributed by atoms with van der Waals surface area (Å²) in [6.45, 7) is 3.74.